The molecule has 0 aliphatic heterocycles. The zero-order valence-corrected chi connectivity index (χ0v) is 21.2. The molecule has 0 bridgehead atoms. The highest BCUT2D eigenvalue weighted by atomic mass is 16.5. The van der Waals surface area contributed by atoms with Crippen molar-refractivity contribution < 1.29 is 14.9 Å². The van der Waals surface area contributed by atoms with E-state index in [1.165, 1.54) is 0 Å². The first-order valence-corrected chi connectivity index (χ1v) is 13.3. The lowest BCUT2D eigenvalue weighted by molar-refractivity contribution is -0.0159. The molecule has 2 aromatic heterocycles. The average molecular weight is 505 g/mol. The van der Waals surface area contributed by atoms with Gasteiger partial charge < -0.3 is 19.9 Å². The number of aromatic nitrogens is 3. The van der Waals surface area contributed by atoms with Crippen LogP contribution in [0, 0.1) is 5.92 Å². The molecule has 37 heavy (non-hydrogen) atoms. The van der Waals surface area contributed by atoms with Crippen LogP contribution in [-0.2, 0) is 18.4 Å². The standard InChI is InChI=1S/C29H36N4O4/c34-17-16-33(19-21-11-12-21)28(36)25-26(37-20-22-8-2-1-3-9-22)27(35)32-24(31-25)18-29(13-5-6-14-29)23-10-4-7-15-30-23/h1-4,7-10,15,21,28,34,36H,5-6,11-14,16-20H2,(H,31,32,35). The summed E-state index contributed by atoms with van der Waals surface area (Å²) in [4.78, 5) is 27.6. The number of hydrogen-bond donors (Lipinski definition) is 3. The summed E-state index contributed by atoms with van der Waals surface area (Å²) in [5.74, 6) is 1.04. The van der Waals surface area contributed by atoms with Gasteiger partial charge in [-0.25, -0.2) is 4.98 Å². The highest BCUT2D eigenvalue weighted by Crippen LogP contribution is 2.42. The number of pyridine rings is 1. The number of ether oxygens (including phenoxy) is 1. The highest BCUT2D eigenvalue weighted by Gasteiger charge is 2.38. The lowest BCUT2D eigenvalue weighted by Gasteiger charge is -2.30. The van der Waals surface area contributed by atoms with Crippen molar-refractivity contribution in [2.24, 2.45) is 5.92 Å². The molecular formula is C29H36N4O4. The van der Waals surface area contributed by atoms with Crippen molar-refractivity contribution in [1.82, 2.24) is 19.9 Å². The summed E-state index contributed by atoms with van der Waals surface area (Å²) in [6.45, 7) is 1.02. The van der Waals surface area contributed by atoms with E-state index in [2.05, 4.69) is 16.0 Å². The number of aliphatic hydroxyl groups excluding tert-OH is 2. The Balaban J connectivity index is 1.49. The van der Waals surface area contributed by atoms with Crippen molar-refractivity contribution in [3.8, 4) is 5.75 Å². The Labute approximate surface area is 217 Å². The molecule has 2 fully saturated rings. The van der Waals surface area contributed by atoms with E-state index >= 15 is 0 Å². The van der Waals surface area contributed by atoms with Crippen molar-refractivity contribution in [3.05, 3.63) is 87.9 Å². The Hall–Kier alpha value is -3.07. The maximum absolute atomic E-state index is 13.4. The summed E-state index contributed by atoms with van der Waals surface area (Å²) in [5.41, 5.74) is 1.52. The van der Waals surface area contributed by atoms with Crippen LogP contribution < -0.4 is 10.3 Å². The molecule has 0 radical (unpaired) electrons. The van der Waals surface area contributed by atoms with Gasteiger partial charge in [-0.1, -0.05) is 49.2 Å². The van der Waals surface area contributed by atoms with Crippen LogP contribution in [0.2, 0.25) is 0 Å². The Morgan fingerprint density at radius 3 is 2.54 bits per heavy atom. The summed E-state index contributed by atoms with van der Waals surface area (Å²) in [6, 6.07) is 15.6. The van der Waals surface area contributed by atoms with Crippen molar-refractivity contribution >= 4 is 0 Å². The largest absolute Gasteiger partial charge is 0.481 e. The summed E-state index contributed by atoms with van der Waals surface area (Å²) < 4.78 is 5.99. The number of aromatic amines is 1. The molecule has 3 N–H and O–H groups in total. The number of nitrogens with one attached hydrogen (secondary N) is 1. The first-order valence-electron chi connectivity index (χ1n) is 13.3. The third-order valence-corrected chi connectivity index (χ3v) is 7.62. The van der Waals surface area contributed by atoms with Gasteiger partial charge in [0.05, 0.1) is 6.61 Å². The van der Waals surface area contributed by atoms with E-state index in [-0.39, 0.29) is 36.6 Å². The summed E-state index contributed by atoms with van der Waals surface area (Å²) in [6.07, 6.45) is 7.52. The van der Waals surface area contributed by atoms with Gasteiger partial charge in [0.1, 0.15) is 18.1 Å². The molecular weight excluding hydrogens is 468 g/mol. The molecule has 2 aliphatic rings. The van der Waals surface area contributed by atoms with Crippen LogP contribution in [0.25, 0.3) is 0 Å². The second-order valence-corrected chi connectivity index (χ2v) is 10.4. The quantitative estimate of drug-likeness (QED) is 0.324. The molecule has 0 amide bonds. The number of hydrogen-bond acceptors (Lipinski definition) is 7. The molecule has 2 heterocycles. The minimum absolute atomic E-state index is 0.0251. The molecule has 1 unspecified atom stereocenters. The van der Waals surface area contributed by atoms with E-state index in [1.807, 2.05) is 48.7 Å². The SMILES string of the molecule is O=c1[nH]c(CC2(c3ccccn3)CCCC2)nc(C(O)N(CCO)CC2CC2)c1OCc1ccccc1. The van der Waals surface area contributed by atoms with Gasteiger partial charge in [-0.2, -0.15) is 0 Å². The zero-order valence-electron chi connectivity index (χ0n) is 21.2. The molecule has 1 aromatic carbocycles. The Morgan fingerprint density at radius 2 is 1.86 bits per heavy atom. The molecule has 196 valence electrons. The van der Waals surface area contributed by atoms with E-state index in [9.17, 15) is 15.0 Å². The van der Waals surface area contributed by atoms with E-state index in [4.69, 9.17) is 9.72 Å². The van der Waals surface area contributed by atoms with Crippen LogP contribution in [-0.4, -0.2) is 49.8 Å². The number of benzene rings is 1. The first kappa shape index (κ1) is 25.6. The van der Waals surface area contributed by atoms with Crippen molar-refractivity contribution in [3.63, 3.8) is 0 Å². The Morgan fingerprint density at radius 1 is 1.11 bits per heavy atom. The topological polar surface area (TPSA) is 112 Å². The fourth-order valence-electron chi connectivity index (χ4n) is 5.48. The third kappa shape index (κ3) is 6.09. The summed E-state index contributed by atoms with van der Waals surface area (Å²) >= 11 is 0. The number of aliphatic hydroxyl groups is 2. The van der Waals surface area contributed by atoms with Crippen LogP contribution >= 0.6 is 0 Å². The van der Waals surface area contributed by atoms with Gasteiger partial charge in [-0.15, -0.1) is 0 Å². The predicted molar refractivity (Wildman–Crippen MR) is 140 cm³/mol. The maximum atomic E-state index is 13.4. The second kappa shape index (κ2) is 11.5. The number of rotatable bonds is 12. The van der Waals surface area contributed by atoms with E-state index < -0.39 is 11.8 Å². The van der Waals surface area contributed by atoms with Crippen LogP contribution in [0.5, 0.6) is 5.75 Å². The van der Waals surface area contributed by atoms with E-state index in [0.717, 1.165) is 49.8 Å². The molecule has 8 heteroatoms. The lowest BCUT2D eigenvalue weighted by Crippen LogP contribution is -2.36. The van der Waals surface area contributed by atoms with Crippen LogP contribution in [0.3, 0.4) is 0 Å². The van der Waals surface area contributed by atoms with Crippen LogP contribution in [0.1, 0.15) is 67.5 Å². The smallest absolute Gasteiger partial charge is 0.293 e. The monoisotopic (exact) mass is 504 g/mol. The lowest BCUT2D eigenvalue weighted by atomic mass is 9.79. The van der Waals surface area contributed by atoms with Gasteiger partial charge >= 0.3 is 0 Å². The van der Waals surface area contributed by atoms with Gasteiger partial charge in [0, 0.05) is 36.8 Å². The van der Waals surface area contributed by atoms with E-state index in [1.54, 1.807) is 4.90 Å². The molecule has 1 atom stereocenters. The van der Waals surface area contributed by atoms with Gasteiger partial charge in [0.15, 0.2) is 6.23 Å². The van der Waals surface area contributed by atoms with Crippen molar-refractivity contribution in [2.45, 2.75) is 63.2 Å². The molecule has 0 saturated heterocycles. The Kier molecular flexibility index (Phi) is 7.98. The molecule has 2 saturated carbocycles. The minimum Gasteiger partial charge on any atom is -0.481 e. The van der Waals surface area contributed by atoms with Gasteiger partial charge in [-0.05, 0) is 49.3 Å². The molecule has 5 rings (SSSR count). The van der Waals surface area contributed by atoms with Crippen molar-refractivity contribution in [1.29, 1.82) is 0 Å². The van der Waals surface area contributed by atoms with Crippen LogP contribution in [0.4, 0.5) is 0 Å². The van der Waals surface area contributed by atoms with Gasteiger partial charge in [0.25, 0.3) is 5.56 Å². The minimum atomic E-state index is -1.16. The normalized spacial score (nSPS) is 17.7. The highest BCUT2D eigenvalue weighted by molar-refractivity contribution is 5.29. The van der Waals surface area contributed by atoms with Gasteiger partial charge in [-0.3, -0.25) is 14.7 Å². The molecule has 8 nitrogen and oxygen atoms in total. The van der Waals surface area contributed by atoms with Crippen molar-refractivity contribution in [2.75, 3.05) is 19.7 Å². The average Bonchev–Trinajstić information content (AvgIpc) is 3.62. The Bertz CT molecular complexity index is 1210. The number of nitrogens with zero attached hydrogens (tertiary/aromatic N) is 3. The molecule has 0 spiro atoms. The maximum Gasteiger partial charge on any atom is 0.293 e. The fourth-order valence-corrected chi connectivity index (χ4v) is 5.48. The summed E-state index contributed by atoms with van der Waals surface area (Å²) in [7, 11) is 0. The molecule has 2 aliphatic carbocycles. The van der Waals surface area contributed by atoms with Crippen LogP contribution in [0.15, 0.2) is 59.5 Å². The third-order valence-electron chi connectivity index (χ3n) is 7.62. The predicted octanol–water partition coefficient (Wildman–Crippen LogP) is 3.49. The first-order chi connectivity index (χ1) is 18.1. The molecule has 3 aromatic rings. The number of H-pyrrole nitrogens is 1. The second-order valence-electron chi connectivity index (χ2n) is 10.4. The van der Waals surface area contributed by atoms with E-state index in [0.29, 0.717) is 24.7 Å². The summed E-state index contributed by atoms with van der Waals surface area (Å²) in [5, 5.41) is 21.1. The zero-order chi connectivity index (χ0) is 25.7. The fraction of sp³-hybridized carbons (Fsp3) is 0.483. The van der Waals surface area contributed by atoms with Gasteiger partial charge in [0.2, 0.25) is 5.75 Å².